The van der Waals surface area contributed by atoms with Crippen LogP contribution in [0.1, 0.15) is 27.2 Å². The summed E-state index contributed by atoms with van der Waals surface area (Å²) < 4.78 is 5.34. The van der Waals surface area contributed by atoms with Crippen molar-refractivity contribution in [2.24, 2.45) is 0 Å². The molecule has 1 N–H and O–H groups in total. The van der Waals surface area contributed by atoms with Crippen molar-refractivity contribution in [1.29, 1.82) is 0 Å². The molecule has 0 spiro atoms. The van der Waals surface area contributed by atoms with Gasteiger partial charge in [-0.2, -0.15) is 0 Å². The molecule has 0 aromatic carbocycles. The Balaban J connectivity index is 2.09. The fraction of sp³-hybridized carbons (Fsp3) is 1.00. The summed E-state index contributed by atoms with van der Waals surface area (Å²) >= 11 is 0. The number of hydrogen-bond acceptors (Lipinski definition) is 4. The highest BCUT2D eigenvalue weighted by atomic mass is 16.5. The maximum atomic E-state index is 9.76. The molecule has 1 aliphatic heterocycles. The Kier molecular flexibility index (Phi) is 6.41. The molecule has 102 valence electrons. The molecule has 1 heterocycles. The van der Waals surface area contributed by atoms with Crippen molar-refractivity contribution in [2.45, 2.75) is 32.8 Å². The minimum absolute atomic E-state index is 0.572. The maximum Gasteiger partial charge on any atom is 0.0718 e. The van der Waals surface area contributed by atoms with E-state index in [9.17, 15) is 5.11 Å². The molecular weight excluding hydrogens is 216 g/mol. The second kappa shape index (κ2) is 7.31. The fourth-order valence-electron chi connectivity index (χ4n) is 2.25. The number of ether oxygens (including phenoxy) is 1. The maximum absolute atomic E-state index is 9.76. The Morgan fingerprint density at radius 3 is 2.24 bits per heavy atom. The summed E-state index contributed by atoms with van der Waals surface area (Å²) in [4.78, 5) is 4.83. The van der Waals surface area contributed by atoms with Crippen LogP contribution in [0.5, 0.6) is 0 Å². The standard InChI is InChI=1S/C13H28N2O2/c1-4-17-11-5-6-14-7-9-15(10-8-14)12-13(2,3)16/h16H,4-12H2,1-3H3. The second-order valence-electron chi connectivity index (χ2n) is 5.48. The van der Waals surface area contributed by atoms with Gasteiger partial charge in [-0.15, -0.1) is 0 Å². The molecule has 1 fully saturated rings. The smallest absolute Gasteiger partial charge is 0.0718 e. The van der Waals surface area contributed by atoms with Gasteiger partial charge >= 0.3 is 0 Å². The molecule has 4 nitrogen and oxygen atoms in total. The summed E-state index contributed by atoms with van der Waals surface area (Å²) in [5.41, 5.74) is -0.572. The minimum atomic E-state index is -0.572. The van der Waals surface area contributed by atoms with E-state index >= 15 is 0 Å². The van der Waals surface area contributed by atoms with Gasteiger partial charge in [0.2, 0.25) is 0 Å². The molecule has 0 unspecified atom stereocenters. The average molecular weight is 244 g/mol. The number of β-amino-alcohol motifs (C(OH)–C–C–N with tert-alkyl or cyclic N) is 1. The van der Waals surface area contributed by atoms with Crippen LogP contribution in [0.4, 0.5) is 0 Å². The normalized spacial score (nSPS) is 19.8. The van der Waals surface area contributed by atoms with Crippen LogP contribution >= 0.6 is 0 Å². The van der Waals surface area contributed by atoms with Gasteiger partial charge in [-0.25, -0.2) is 0 Å². The third-order valence-electron chi connectivity index (χ3n) is 3.04. The van der Waals surface area contributed by atoms with E-state index in [0.717, 1.165) is 58.9 Å². The third-order valence-corrected chi connectivity index (χ3v) is 3.04. The highest BCUT2D eigenvalue weighted by Crippen LogP contribution is 2.08. The van der Waals surface area contributed by atoms with Crippen molar-refractivity contribution >= 4 is 0 Å². The van der Waals surface area contributed by atoms with Gasteiger partial charge in [0.25, 0.3) is 0 Å². The lowest BCUT2D eigenvalue weighted by Crippen LogP contribution is -2.50. The lowest BCUT2D eigenvalue weighted by Gasteiger charge is -2.37. The van der Waals surface area contributed by atoms with Crippen LogP contribution in [0, 0.1) is 0 Å². The predicted octanol–water partition coefficient (Wildman–Crippen LogP) is 0.802. The molecule has 17 heavy (non-hydrogen) atoms. The molecule has 1 saturated heterocycles. The third kappa shape index (κ3) is 6.99. The molecule has 0 aromatic rings. The van der Waals surface area contributed by atoms with E-state index in [1.807, 2.05) is 20.8 Å². The topological polar surface area (TPSA) is 35.9 Å². The van der Waals surface area contributed by atoms with Crippen LogP contribution in [-0.4, -0.2) is 73.0 Å². The van der Waals surface area contributed by atoms with Gasteiger partial charge in [0.05, 0.1) is 5.60 Å². The highest BCUT2D eigenvalue weighted by Gasteiger charge is 2.22. The van der Waals surface area contributed by atoms with E-state index in [1.165, 1.54) is 0 Å². The first-order valence-corrected chi connectivity index (χ1v) is 6.76. The predicted molar refractivity (Wildman–Crippen MR) is 70.3 cm³/mol. The van der Waals surface area contributed by atoms with E-state index < -0.39 is 5.60 Å². The molecule has 1 rings (SSSR count). The summed E-state index contributed by atoms with van der Waals surface area (Å²) in [6, 6.07) is 0. The summed E-state index contributed by atoms with van der Waals surface area (Å²) in [7, 11) is 0. The molecule has 0 aromatic heterocycles. The molecule has 0 saturated carbocycles. The monoisotopic (exact) mass is 244 g/mol. The van der Waals surface area contributed by atoms with Crippen LogP contribution in [0.25, 0.3) is 0 Å². The molecule has 4 heteroatoms. The minimum Gasteiger partial charge on any atom is -0.389 e. The summed E-state index contributed by atoms with van der Waals surface area (Å²) in [5, 5.41) is 9.76. The summed E-state index contributed by atoms with van der Waals surface area (Å²) in [6.07, 6.45) is 1.12. The Hall–Kier alpha value is -0.160. The molecule has 0 atom stereocenters. The molecule has 0 radical (unpaired) electrons. The molecule has 0 amide bonds. The van der Waals surface area contributed by atoms with E-state index in [1.54, 1.807) is 0 Å². The first-order chi connectivity index (χ1) is 8.01. The van der Waals surface area contributed by atoms with Crippen molar-refractivity contribution in [1.82, 2.24) is 9.80 Å². The number of aliphatic hydroxyl groups is 1. The first-order valence-electron chi connectivity index (χ1n) is 6.76. The van der Waals surface area contributed by atoms with Gasteiger partial charge in [0.1, 0.15) is 0 Å². The summed E-state index contributed by atoms with van der Waals surface area (Å²) in [6.45, 7) is 13.8. The largest absolute Gasteiger partial charge is 0.389 e. The Morgan fingerprint density at radius 1 is 1.12 bits per heavy atom. The molecule has 1 aliphatic rings. The van der Waals surface area contributed by atoms with Crippen LogP contribution < -0.4 is 0 Å². The van der Waals surface area contributed by atoms with Gasteiger partial charge in [-0.1, -0.05) is 0 Å². The van der Waals surface area contributed by atoms with Crippen LogP contribution in [0.3, 0.4) is 0 Å². The van der Waals surface area contributed by atoms with E-state index in [2.05, 4.69) is 9.80 Å². The lowest BCUT2D eigenvalue weighted by molar-refractivity contribution is 0.0165. The van der Waals surface area contributed by atoms with Gasteiger partial charge in [0.15, 0.2) is 0 Å². The first kappa shape index (κ1) is 14.9. The van der Waals surface area contributed by atoms with Crippen molar-refractivity contribution in [3.63, 3.8) is 0 Å². The van der Waals surface area contributed by atoms with E-state index in [-0.39, 0.29) is 0 Å². The van der Waals surface area contributed by atoms with Gasteiger partial charge < -0.3 is 14.7 Å². The van der Waals surface area contributed by atoms with Gasteiger partial charge in [-0.3, -0.25) is 4.90 Å². The van der Waals surface area contributed by atoms with Crippen molar-refractivity contribution in [2.75, 3.05) is 52.5 Å². The fourth-order valence-corrected chi connectivity index (χ4v) is 2.25. The van der Waals surface area contributed by atoms with Gasteiger partial charge in [-0.05, 0) is 27.2 Å². The van der Waals surface area contributed by atoms with Crippen molar-refractivity contribution < 1.29 is 9.84 Å². The van der Waals surface area contributed by atoms with Gasteiger partial charge in [0, 0.05) is 52.5 Å². The molecule has 0 bridgehead atoms. The Bertz CT molecular complexity index is 196. The zero-order valence-corrected chi connectivity index (χ0v) is 11.6. The lowest BCUT2D eigenvalue weighted by atomic mass is 10.1. The molecular formula is C13H28N2O2. The number of rotatable bonds is 7. The Labute approximate surface area is 106 Å². The average Bonchev–Trinajstić information content (AvgIpc) is 2.25. The van der Waals surface area contributed by atoms with E-state index in [0.29, 0.717) is 0 Å². The molecule has 0 aliphatic carbocycles. The highest BCUT2D eigenvalue weighted by molar-refractivity contribution is 4.77. The number of piperazine rings is 1. The van der Waals surface area contributed by atoms with Crippen LogP contribution in [-0.2, 0) is 4.74 Å². The van der Waals surface area contributed by atoms with Crippen molar-refractivity contribution in [3.05, 3.63) is 0 Å². The zero-order valence-electron chi connectivity index (χ0n) is 11.6. The number of hydrogen-bond donors (Lipinski definition) is 1. The van der Waals surface area contributed by atoms with E-state index in [4.69, 9.17) is 4.74 Å². The van der Waals surface area contributed by atoms with Crippen LogP contribution in [0.15, 0.2) is 0 Å². The Morgan fingerprint density at radius 2 is 1.71 bits per heavy atom. The summed E-state index contributed by atoms with van der Waals surface area (Å²) in [5.74, 6) is 0. The van der Waals surface area contributed by atoms with Crippen LogP contribution in [0.2, 0.25) is 0 Å². The van der Waals surface area contributed by atoms with Crippen molar-refractivity contribution in [3.8, 4) is 0 Å². The second-order valence-corrected chi connectivity index (χ2v) is 5.48. The zero-order chi connectivity index (χ0) is 12.7. The SMILES string of the molecule is CCOCCCN1CCN(CC(C)(C)O)CC1. The number of nitrogens with zero attached hydrogens (tertiary/aromatic N) is 2. The quantitative estimate of drug-likeness (QED) is 0.672.